The highest BCUT2D eigenvalue weighted by atomic mass is 32.2. The van der Waals surface area contributed by atoms with Gasteiger partial charge in [-0.2, -0.15) is 0 Å². The van der Waals surface area contributed by atoms with Crippen LogP contribution in [0.2, 0.25) is 0 Å². The van der Waals surface area contributed by atoms with E-state index in [1.54, 1.807) is 6.07 Å². The monoisotopic (exact) mass is 246 g/mol. The molecule has 4 nitrogen and oxygen atoms in total. The molecule has 0 aromatic heterocycles. The van der Waals surface area contributed by atoms with Crippen molar-refractivity contribution in [3.8, 4) is 0 Å². The molecule has 0 aliphatic carbocycles. The van der Waals surface area contributed by atoms with Crippen molar-refractivity contribution in [1.82, 2.24) is 0 Å². The van der Waals surface area contributed by atoms with Crippen LogP contribution in [0.1, 0.15) is 6.42 Å². The van der Waals surface area contributed by atoms with E-state index in [2.05, 4.69) is 0 Å². The lowest BCUT2D eigenvalue weighted by atomic mass is 10.3. The summed E-state index contributed by atoms with van der Waals surface area (Å²) in [7, 11) is -2.00. The smallest absolute Gasteiger partial charge is 0.234 e. The summed E-state index contributed by atoms with van der Waals surface area (Å²) >= 11 is 0. The van der Waals surface area contributed by atoms with E-state index >= 15 is 0 Å². The first-order valence-corrected chi connectivity index (χ1v) is 6.50. The van der Waals surface area contributed by atoms with E-state index in [9.17, 15) is 12.8 Å². The maximum Gasteiger partial charge on any atom is 0.234 e. The van der Waals surface area contributed by atoms with E-state index in [1.807, 2.05) is 0 Å². The Morgan fingerprint density at radius 2 is 2.12 bits per heavy atom. The minimum absolute atomic E-state index is 0.0312. The van der Waals surface area contributed by atoms with E-state index in [4.69, 9.17) is 5.73 Å². The fourth-order valence-corrected chi connectivity index (χ4v) is 2.48. The van der Waals surface area contributed by atoms with Gasteiger partial charge in [0.15, 0.2) is 0 Å². The van der Waals surface area contributed by atoms with Gasteiger partial charge in [0.1, 0.15) is 5.82 Å². The van der Waals surface area contributed by atoms with Gasteiger partial charge in [0.05, 0.1) is 11.4 Å². The summed E-state index contributed by atoms with van der Waals surface area (Å²) in [6.45, 7) is 0.316. The molecule has 6 heteroatoms. The van der Waals surface area contributed by atoms with Crippen LogP contribution in [0.5, 0.6) is 0 Å². The lowest BCUT2D eigenvalue weighted by Crippen LogP contribution is -2.29. The van der Waals surface area contributed by atoms with Gasteiger partial charge in [-0.05, 0) is 31.2 Å². The van der Waals surface area contributed by atoms with Gasteiger partial charge >= 0.3 is 0 Å². The molecule has 0 heterocycles. The largest absolute Gasteiger partial charge is 0.330 e. The number of benzene rings is 1. The van der Waals surface area contributed by atoms with Gasteiger partial charge in [-0.3, -0.25) is 4.31 Å². The van der Waals surface area contributed by atoms with Gasteiger partial charge in [-0.1, -0.05) is 6.07 Å². The van der Waals surface area contributed by atoms with Crippen molar-refractivity contribution >= 4 is 15.7 Å². The molecule has 0 unspecified atom stereocenters. The van der Waals surface area contributed by atoms with Gasteiger partial charge in [-0.25, -0.2) is 12.8 Å². The molecule has 0 bridgehead atoms. The summed E-state index contributed by atoms with van der Waals surface area (Å²) in [6, 6.07) is 5.46. The zero-order chi connectivity index (χ0) is 12.2. The lowest BCUT2D eigenvalue weighted by Gasteiger charge is -2.19. The second-order valence-corrected chi connectivity index (χ2v) is 5.53. The minimum atomic E-state index is -3.41. The van der Waals surface area contributed by atoms with Crippen LogP contribution in [-0.4, -0.2) is 27.8 Å². The fraction of sp³-hybridized carbons (Fsp3) is 0.400. The average Bonchev–Trinajstić information content (AvgIpc) is 2.25. The highest BCUT2D eigenvalue weighted by Crippen LogP contribution is 2.17. The van der Waals surface area contributed by atoms with Gasteiger partial charge in [0, 0.05) is 7.05 Å². The summed E-state index contributed by atoms with van der Waals surface area (Å²) in [5, 5.41) is 0. The number of sulfonamides is 1. The third kappa shape index (κ3) is 3.18. The van der Waals surface area contributed by atoms with Gasteiger partial charge < -0.3 is 5.73 Å². The molecule has 0 amide bonds. The number of nitrogens with zero attached hydrogens (tertiary/aromatic N) is 1. The van der Waals surface area contributed by atoms with E-state index in [0.717, 1.165) is 4.31 Å². The zero-order valence-corrected chi connectivity index (χ0v) is 9.87. The highest BCUT2D eigenvalue weighted by molar-refractivity contribution is 7.92. The summed E-state index contributed by atoms with van der Waals surface area (Å²) in [4.78, 5) is 0. The first kappa shape index (κ1) is 12.9. The predicted molar refractivity (Wildman–Crippen MR) is 62.3 cm³/mol. The molecule has 16 heavy (non-hydrogen) atoms. The van der Waals surface area contributed by atoms with Crippen LogP contribution < -0.4 is 10.0 Å². The number of halogens is 1. The van der Waals surface area contributed by atoms with Crippen molar-refractivity contribution in [3.63, 3.8) is 0 Å². The number of nitrogens with two attached hydrogens (primary N) is 1. The molecule has 1 aromatic carbocycles. The highest BCUT2D eigenvalue weighted by Gasteiger charge is 2.17. The summed E-state index contributed by atoms with van der Waals surface area (Å²) in [6.07, 6.45) is 0.391. The van der Waals surface area contributed by atoms with Gasteiger partial charge in [0.25, 0.3) is 0 Å². The zero-order valence-electron chi connectivity index (χ0n) is 9.06. The molecule has 0 radical (unpaired) electrons. The second-order valence-electron chi connectivity index (χ2n) is 3.41. The Hall–Kier alpha value is -1.14. The van der Waals surface area contributed by atoms with Crippen molar-refractivity contribution < 1.29 is 12.8 Å². The van der Waals surface area contributed by atoms with Crippen molar-refractivity contribution in [1.29, 1.82) is 0 Å². The minimum Gasteiger partial charge on any atom is -0.330 e. The number of hydrogen-bond donors (Lipinski definition) is 1. The number of anilines is 1. The van der Waals surface area contributed by atoms with Gasteiger partial charge in [-0.15, -0.1) is 0 Å². The van der Waals surface area contributed by atoms with Crippen LogP contribution in [0, 0.1) is 5.82 Å². The standard InChI is InChI=1S/C10H15FN2O2S/c1-13(16(14,15)7-3-6-12)10-5-2-4-9(11)8-10/h2,4-5,8H,3,6-7,12H2,1H3. The van der Waals surface area contributed by atoms with Crippen molar-refractivity contribution in [2.45, 2.75) is 6.42 Å². The van der Waals surface area contributed by atoms with Crippen LogP contribution in [0.15, 0.2) is 24.3 Å². The van der Waals surface area contributed by atoms with Crippen LogP contribution in [-0.2, 0) is 10.0 Å². The Balaban J connectivity index is 2.89. The predicted octanol–water partition coefficient (Wildman–Crippen LogP) is 0.941. The molecule has 0 atom stereocenters. The van der Waals surface area contributed by atoms with Crippen molar-refractivity contribution in [2.75, 3.05) is 23.7 Å². The maximum atomic E-state index is 12.9. The molecular weight excluding hydrogens is 231 g/mol. The van der Waals surface area contributed by atoms with Crippen LogP contribution in [0.25, 0.3) is 0 Å². The average molecular weight is 246 g/mol. The van der Waals surface area contributed by atoms with Gasteiger partial charge in [0.2, 0.25) is 10.0 Å². The summed E-state index contributed by atoms with van der Waals surface area (Å²) < 4.78 is 37.5. The molecule has 0 aliphatic rings. The van der Waals surface area contributed by atoms with E-state index < -0.39 is 15.8 Å². The third-order valence-corrected chi connectivity index (χ3v) is 4.05. The van der Waals surface area contributed by atoms with Crippen molar-refractivity contribution in [3.05, 3.63) is 30.1 Å². The molecule has 1 aromatic rings. The summed E-state index contributed by atoms with van der Waals surface area (Å²) in [5.74, 6) is -0.491. The normalized spacial score (nSPS) is 11.4. The second kappa shape index (κ2) is 5.27. The maximum absolute atomic E-state index is 12.9. The van der Waals surface area contributed by atoms with Crippen LogP contribution in [0.4, 0.5) is 10.1 Å². The summed E-state index contributed by atoms with van der Waals surface area (Å²) in [5.41, 5.74) is 5.57. The number of rotatable bonds is 5. The molecule has 0 saturated heterocycles. The molecule has 0 fully saturated rings. The SMILES string of the molecule is CN(c1cccc(F)c1)S(=O)(=O)CCCN. The van der Waals surface area contributed by atoms with E-state index in [-0.39, 0.29) is 5.75 Å². The molecule has 2 N–H and O–H groups in total. The Kier molecular flexibility index (Phi) is 4.26. The Morgan fingerprint density at radius 1 is 1.44 bits per heavy atom. The van der Waals surface area contributed by atoms with Crippen LogP contribution >= 0.6 is 0 Å². The molecule has 90 valence electrons. The third-order valence-electron chi connectivity index (χ3n) is 2.20. The molecular formula is C10H15FN2O2S. The molecule has 0 aliphatic heterocycles. The molecule has 0 spiro atoms. The molecule has 1 rings (SSSR count). The van der Waals surface area contributed by atoms with Crippen molar-refractivity contribution in [2.24, 2.45) is 5.73 Å². The number of hydrogen-bond acceptors (Lipinski definition) is 3. The van der Waals surface area contributed by atoms with E-state index in [1.165, 1.54) is 25.2 Å². The van der Waals surface area contributed by atoms with E-state index in [0.29, 0.717) is 18.7 Å². The lowest BCUT2D eigenvalue weighted by molar-refractivity contribution is 0.591. The van der Waals surface area contributed by atoms with Crippen LogP contribution in [0.3, 0.4) is 0 Å². The molecule has 0 saturated carbocycles. The Labute approximate surface area is 94.9 Å². The topological polar surface area (TPSA) is 63.4 Å². The quantitative estimate of drug-likeness (QED) is 0.841. The Bertz CT molecular complexity index is 448. The fourth-order valence-electron chi connectivity index (χ4n) is 1.24. The Morgan fingerprint density at radius 3 is 2.69 bits per heavy atom. The first-order chi connectivity index (χ1) is 7.47. The first-order valence-electron chi connectivity index (χ1n) is 4.89.